The van der Waals surface area contributed by atoms with Crippen molar-refractivity contribution in [3.05, 3.63) is 53.3 Å². The van der Waals surface area contributed by atoms with Crippen molar-refractivity contribution in [1.82, 2.24) is 20.1 Å². The Balaban J connectivity index is 1.65. The first-order valence-corrected chi connectivity index (χ1v) is 7.95. The Bertz CT molecular complexity index is 1000. The van der Waals surface area contributed by atoms with Gasteiger partial charge in [-0.1, -0.05) is 5.16 Å². The van der Waals surface area contributed by atoms with Gasteiger partial charge in [0.25, 0.3) is 0 Å². The molecule has 3 rings (SSSR count). The fourth-order valence-electron chi connectivity index (χ4n) is 2.25. The Labute approximate surface area is 156 Å². The maximum absolute atomic E-state index is 12.5. The van der Waals surface area contributed by atoms with Gasteiger partial charge in [-0.05, 0) is 37.6 Å². The standard InChI is InChI=1S/C17H14F3N5O3/c1-9-5-11(7-21-6-9)8-27-16(26)23-12-3-4-13(22-10(12)2)14-24-15(28-25-14)17(18,19)20/h3-7H,8H2,1-2H3,(H,23,26). The Kier molecular flexibility index (Phi) is 5.25. The lowest BCUT2D eigenvalue weighted by molar-refractivity contribution is -0.159. The molecule has 28 heavy (non-hydrogen) atoms. The van der Waals surface area contributed by atoms with Crippen LogP contribution >= 0.6 is 0 Å². The Morgan fingerprint density at radius 2 is 2.00 bits per heavy atom. The maximum atomic E-state index is 12.5. The lowest BCUT2D eigenvalue weighted by atomic mass is 10.2. The third kappa shape index (κ3) is 4.61. The Hall–Kier alpha value is -3.50. The molecule has 0 aliphatic rings. The smallest absolute Gasteiger partial charge is 0.444 e. The summed E-state index contributed by atoms with van der Waals surface area (Å²) in [7, 11) is 0. The van der Waals surface area contributed by atoms with Gasteiger partial charge in [-0.15, -0.1) is 0 Å². The van der Waals surface area contributed by atoms with E-state index < -0.39 is 18.2 Å². The minimum atomic E-state index is -4.74. The number of hydrogen-bond acceptors (Lipinski definition) is 7. The van der Waals surface area contributed by atoms with E-state index in [4.69, 9.17) is 4.74 Å². The summed E-state index contributed by atoms with van der Waals surface area (Å²) in [6.45, 7) is 3.47. The number of pyridine rings is 2. The second-order valence-corrected chi connectivity index (χ2v) is 5.82. The van der Waals surface area contributed by atoms with E-state index in [2.05, 4.69) is 29.9 Å². The number of alkyl halides is 3. The molecule has 1 N–H and O–H groups in total. The molecule has 3 aromatic heterocycles. The van der Waals surface area contributed by atoms with Gasteiger partial charge >= 0.3 is 18.2 Å². The zero-order chi connectivity index (χ0) is 20.3. The summed E-state index contributed by atoms with van der Waals surface area (Å²) in [5.74, 6) is -1.77. The van der Waals surface area contributed by atoms with E-state index in [1.807, 2.05) is 13.0 Å². The van der Waals surface area contributed by atoms with Crippen LogP contribution in [0.1, 0.15) is 22.7 Å². The fourth-order valence-corrected chi connectivity index (χ4v) is 2.25. The average molecular weight is 393 g/mol. The lowest BCUT2D eigenvalue weighted by Crippen LogP contribution is -2.15. The summed E-state index contributed by atoms with van der Waals surface area (Å²) in [5.41, 5.74) is 2.41. The van der Waals surface area contributed by atoms with E-state index in [0.717, 1.165) is 11.1 Å². The molecular formula is C17H14F3N5O3. The zero-order valence-electron chi connectivity index (χ0n) is 14.7. The number of amides is 1. The molecule has 0 atom stereocenters. The van der Waals surface area contributed by atoms with E-state index >= 15 is 0 Å². The highest BCUT2D eigenvalue weighted by Gasteiger charge is 2.38. The van der Waals surface area contributed by atoms with Gasteiger partial charge in [-0.25, -0.2) is 9.78 Å². The quantitative estimate of drug-likeness (QED) is 0.717. The van der Waals surface area contributed by atoms with Crippen molar-refractivity contribution in [3.63, 3.8) is 0 Å². The van der Waals surface area contributed by atoms with Crippen LogP contribution in [0.3, 0.4) is 0 Å². The van der Waals surface area contributed by atoms with Crippen molar-refractivity contribution < 1.29 is 27.2 Å². The fraction of sp³-hybridized carbons (Fsp3) is 0.235. The van der Waals surface area contributed by atoms with Crippen LogP contribution in [0.5, 0.6) is 0 Å². The molecule has 0 saturated carbocycles. The van der Waals surface area contributed by atoms with E-state index in [1.165, 1.54) is 12.1 Å². The minimum Gasteiger partial charge on any atom is -0.444 e. The number of hydrogen-bond donors (Lipinski definition) is 1. The second kappa shape index (κ2) is 7.62. The van der Waals surface area contributed by atoms with Gasteiger partial charge in [0.1, 0.15) is 12.3 Å². The molecule has 146 valence electrons. The predicted molar refractivity (Wildman–Crippen MR) is 90.0 cm³/mol. The van der Waals surface area contributed by atoms with Crippen LogP contribution in [0.15, 0.2) is 35.1 Å². The molecule has 0 unspecified atom stereocenters. The third-order valence-corrected chi connectivity index (χ3v) is 3.52. The van der Waals surface area contributed by atoms with Crippen molar-refractivity contribution in [2.45, 2.75) is 26.6 Å². The maximum Gasteiger partial charge on any atom is 0.471 e. The zero-order valence-corrected chi connectivity index (χ0v) is 14.7. The van der Waals surface area contributed by atoms with Crippen molar-refractivity contribution in [2.75, 3.05) is 5.32 Å². The topological polar surface area (TPSA) is 103 Å². The molecule has 3 heterocycles. The molecule has 8 nitrogen and oxygen atoms in total. The number of rotatable bonds is 4. The second-order valence-electron chi connectivity index (χ2n) is 5.82. The summed E-state index contributed by atoms with van der Waals surface area (Å²) >= 11 is 0. The van der Waals surface area contributed by atoms with E-state index in [0.29, 0.717) is 11.4 Å². The van der Waals surface area contributed by atoms with Crippen LogP contribution in [0, 0.1) is 13.8 Å². The van der Waals surface area contributed by atoms with Crippen LogP contribution in [0.4, 0.5) is 23.7 Å². The number of anilines is 1. The summed E-state index contributed by atoms with van der Waals surface area (Å²) in [6.07, 6.45) is -2.18. The Morgan fingerprint density at radius 1 is 1.21 bits per heavy atom. The van der Waals surface area contributed by atoms with Crippen LogP contribution in [-0.2, 0) is 17.5 Å². The third-order valence-electron chi connectivity index (χ3n) is 3.52. The van der Waals surface area contributed by atoms with Gasteiger partial charge in [0.05, 0.1) is 11.4 Å². The summed E-state index contributed by atoms with van der Waals surface area (Å²) < 4.78 is 46.9. The summed E-state index contributed by atoms with van der Waals surface area (Å²) in [6, 6.07) is 4.65. The molecule has 0 fully saturated rings. The number of aryl methyl sites for hydroxylation is 2. The largest absolute Gasteiger partial charge is 0.471 e. The van der Waals surface area contributed by atoms with Crippen molar-refractivity contribution in [3.8, 4) is 11.5 Å². The molecule has 0 aliphatic heterocycles. The molecule has 11 heteroatoms. The van der Waals surface area contributed by atoms with Gasteiger partial charge in [0.15, 0.2) is 0 Å². The lowest BCUT2D eigenvalue weighted by Gasteiger charge is -2.09. The number of nitrogens with zero attached hydrogens (tertiary/aromatic N) is 4. The SMILES string of the molecule is Cc1cncc(COC(=O)Nc2ccc(-c3noc(C(F)(F)F)n3)nc2C)c1. The first kappa shape index (κ1) is 19.3. The van der Waals surface area contributed by atoms with Crippen LogP contribution in [-0.4, -0.2) is 26.2 Å². The normalized spacial score (nSPS) is 11.3. The van der Waals surface area contributed by atoms with Gasteiger partial charge in [0, 0.05) is 18.0 Å². The number of aromatic nitrogens is 4. The molecule has 0 bridgehead atoms. The van der Waals surface area contributed by atoms with Gasteiger partial charge in [-0.2, -0.15) is 18.2 Å². The first-order valence-electron chi connectivity index (χ1n) is 7.95. The number of carbonyl (C=O) groups excluding carboxylic acids is 1. The average Bonchev–Trinajstić information content (AvgIpc) is 3.12. The monoisotopic (exact) mass is 393 g/mol. The predicted octanol–water partition coefficient (Wildman–Crippen LogP) is 3.91. The molecule has 0 radical (unpaired) electrons. The summed E-state index contributed by atoms with van der Waals surface area (Å²) in [4.78, 5) is 23.3. The number of carbonyl (C=O) groups is 1. The van der Waals surface area contributed by atoms with E-state index in [9.17, 15) is 18.0 Å². The molecule has 0 aromatic carbocycles. The van der Waals surface area contributed by atoms with E-state index in [1.54, 1.807) is 19.3 Å². The first-order chi connectivity index (χ1) is 13.2. The van der Waals surface area contributed by atoms with Gasteiger partial charge in [0.2, 0.25) is 5.82 Å². The minimum absolute atomic E-state index is 0.0359. The molecular weight excluding hydrogens is 379 g/mol. The Morgan fingerprint density at radius 3 is 2.64 bits per heavy atom. The van der Waals surface area contributed by atoms with Crippen LogP contribution in [0.25, 0.3) is 11.5 Å². The highest BCUT2D eigenvalue weighted by molar-refractivity contribution is 5.85. The molecule has 1 amide bonds. The molecule has 0 saturated heterocycles. The van der Waals surface area contributed by atoms with E-state index in [-0.39, 0.29) is 18.1 Å². The highest BCUT2D eigenvalue weighted by Crippen LogP contribution is 2.29. The molecule has 0 aliphatic carbocycles. The van der Waals surface area contributed by atoms with Crippen molar-refractivity contribution in [1.29, 1.82) is 0 Å². The number of nitrogens with one attached hydrogen (secondary N) is 1. The molecule has 0 spiro atoms. The highest BCUT2D eigenvalue weighted by atomic mass is 19.4. The van der Waals surface area contributed by atoms with Crippen LogP contribution < -0.4 is 5.32 Å². The van der Waals surface area contributed by atoms with Crippen molar-refractivity contribution >= 4 is 11.8 Å². The van der Waals surface area contributed by atoms with Gasteiger partial charge < -0.3 is 9.26 Å². The summed E-state index contributed by atoms with van der Waals surface area (Å²) in [5, 5.41) is 5.78. The number of halogens is 3. The van der Waals surface area contributed by atoms with Crippen LogP contribution in [0.2, 0.25) is 0 Å². The number of ether oxygens (including phenoxy) is 1. The van der Waals surface area contributed by atoms with Gasteiger partial charge in [-0.3, -0.25) is 10.3 Å². The van der Waals surface area contributed by atoms with Crippen molar-refractivity contribution in [2.24, 2.45) is 0 Å². The molecule has 3 aromatic rings.